The largest absolute Gasteiger partial charge is 0.345 e. The van der Waals surface area contributed by atoms with E-state index in [-0.39, 0.29) is 5.91 Å². The second kappa shape index (κ2) is 7.00. The Balaban J connectivity index is 1.47. The zero-order valence-corrected chi connectivity index (χ0v) is 17.2. The zero-order valence-electron chi connectivity index (χ0n) is 14.8. The van der Waals surface area contributed by atoms with Gasteiger partial charge in [0.05, 0.1) is 10.2 Å². The van der Waals surface area contributed by atoms with Crippen LogP contribution in [0.2, 0.25) is 0 Å². The maximum absolute atomic E-state index is 12.7. The van der Waals surface area contributed by atoms with Gasteiger partial charge in [0.15, 0.2) is 5.13 Å². The molecule has 4 rings (SSSR count). The molecule has 1 aliphatic rings. The number of carbonyl (C=O) groups is 1. The number of aryl methyl sites for hydroxylation is 2. The van der Waals surface area contributed by atoms with E-state index in [2.05, 4.69) is 46.8 Å². The van der Waals surface area contributed by atoms with Gasteiger partial charge in [0.25, 0.3) is 5.91 Å². The molecular formula is C20H20BrN3OS. The molecule has 1 aliphatic heterocycles. The number of anilines is 1. The first-order valence-electron chi connectivity index (χ1n) is 8.69. The fourth-order valence-electron chi connectivity index (χ4n) is 3.23. The molecule has 0 saturated carbocycles. The average molecular weight is 430 g/mol. The molecule has 1 fully saturated rings. The first kappa shape index (κ1) is 17.5. The van der Waals surface area contributed by atoms with E-state index in [1.54, 1.807) is 11.3 Å². The summed E-state index contributed by atoms with van der Waals surface area (Å²) in [5, 5.41) is 1.06. The van der Waals surface area contributed by atoms with E-state index >= 15 is 0 Å². The minimum atomic E-state index is 0.105. The van der Waals surface area contributed by atoms with E-state index < -0.39 is 0 Å². The normalized spacial score (nSPS) is 14.9. The summed E-state index contributed by atoms with van der Waals surface area (Å²) >= 11 is 5.15. The average Bonchev–Trinajstić information content (AvgIpc) is 3.10. The number of nitrogens with zero attached hydrogens (tertiary/aromatic N) is 3. The number of benzene rings is 2. The lowest BCUT2D eigenvalue weighted by atomic mass is 10.1. The Morgan fingerprint density at radius 1 is 1.04 bits per heavy atom. The van der Waals surface area contributed by atoms with Crippen LogP contribution in [-0.2, 0) is 0 Å². The van der Waals surface area contributed by atoms with Crippen molar-refractivity contribution >= 4 is 48.5 Å². The van der Waals surface area contributed by atoms with Gasteiger partial charge in [-0.05, 0) is 55.3 Å². The Morgan fingerprint density at radius 2 is 1.73 bits per heavy atom. The SMILES string of the molecule is Cc1ccc2sc(N3CCN(C(=O)c4ccc(Br)cc4)CC3)nc2c1C. The number of fused-ring (bicyclic) bond motifs is 1. The molecule has 1 amide bonds. The quantitative estimate of drug-likeness (QED) is 0.595. The van der Waals surface area contributed by atoms with Crippen molar-refractivity contribution in [1.29, 1.82) is 0 Å². The highest BCUT2D eigenvalue weighted by molar-refractivity contribution is 9.10. The van der Waals surface area contributed by atoms with Crippen molar-refractivity contribution in [2.24, 2.45) is 0 Å². The summed E-state index contributed by atoms with van der Waals surface area (Å²) in [6, 6.07) is 11.9. The number of piperazine rings is 1. The van der Waals surface area contributed by atoms with Gasteiger partial charge < -0.3 is 9.80 Å². The first-order valence-corrected chi connectivity index (χ1v) is 10.3. The molecule has 0 atom stereocenters. The summed E-state index contributed by atoms with van der Waals surface area (Å²) in [5.74, 6) is 0.105. The highest BCUT2D eigenvalue weighted by Crippen LogP contribution is 2.32. The van der Waals surface area contributed by atoms with E-state index in [4.69, 9.17) is 4.98 Å². The zero-order chi connectivity index (χ0) is 18.3. The van der Waals surface area contributed by atoms with Crippen LogP contribution in [0.1, 0.15) is 21.5 Å². The fraction of sp³-hybridized carbons (Fsp3) is 0.300. The number of halogens is 1. The molecular weight excluding hydrogens is 410 g/mol. The Kier molecular flexibility index (Phi) is 4.71. The molecule has 0 unspecified atom stereocenters. The molecule has 0 radical (unpaired) electrons. The van der Waals surface area contributed by atoms with Crippen LogP contribution >= 0.6 is 27.3 Å². The molecule has 4 nitrogen and oxygen atoms in total. The highest BCUT2D eigenvalue weighted by atomic mass is 79.9. The number of thiazole rings is 1. The van der Waals surface area contributed by atoms with Crippen LogP contribution in [0.3, 0.4) is 0 Å². The molecule has 6 heteroatoms. The molecule has 2 heterocycles. The summed E-state index contributed by atoms with van der Waals surface area (Å²) in [6.45, 7) is 7.35. The summed E-state index contributed by atoms with van der Waals surface area (Å²) in [6.07, 6.45) is 0. The summed E-state index contributed by atoms with van der Waals surface area (Å²) < 4.78 is 2.22. The fourth-order valence-corrected chi connectivity index (χ4v) is 4.57. The molecule has 0 N–H and O–H groups in total. The van der Waals surface area contributed by atoms with Crippen molar-refractivity contribution in [3.63, 3.8) is 0 Å². The Morgan fingerprint density at radius 3 is 2.42 bits per heavy atom. The maximum atomic E-state index is 12.7. The topological polar surface area (TPSA) is 36.4 Å². The molecule has 0 spiro atoms. The number of hydrogen-bond donors (Lipinski definition) is 0. The second-order valence-electron chi connectivity index (χ2n) is 6.64. The van der Waals surface area contributed by atoms with Crippen LogP contribution in [0.15, 0.2) is 40.9 Å². The van der Waals surface area contributed by atoms with Crippen molar-refractivity contribution in [2.75, 3.05) is 31.1 Å². The van der Waals surface area contributed by atoms with Gasteiger partial charge in [0.1, 0.15) is 0 Å². The monoisotopic (exact) mass is 429 g/mol. The van der Waals surface area contributed by atoms with Gasteiger partial charge in [-0.3, -0.25) is 4.79 Å². The van der Waals surface area contributed by atoms with E-state index in [0.29, 0.717) is 0 Å². The standard InChI is InChI=1S/C20H20BrN3OS/c1-13-3-8-17-18(14(13)2)22-20(26-17)24-11-9-23(10-12-24)19(25)15-4-6-16(21)7-5-15/h3-8H,9-12H2,1-2H3. The van der Waals surface area contributed by atoms with Gasteiger partial charge in [0.2, 0.25) is 0 Å². The van der Waals surface area contributed by atoms with Gasteiger partial charge in [0, 0.05) is 36.2 Å². The van der Waals surface area contributed by atoms with E-state index in [0.717, 1.165) is 46.9 Å². The number of amides is 1. The van der Waals surface area contributed by atoms with Crippen molar-refractivity contribution in [3.05, 3.63) is 57.6 Å². The lowest BCUT2D eigenvalue weighted by Crippen LogP contribution is -2.48. The minimum absolute atomic E-state index is 0.105. The first-order chi connectivity index (χ1) is 12.5. The number of rotatable bonds is 2. The predicted octanol–water partition coefficient (Wildman–Crippen LogP) is 4.64. The van der Waals surface area contributed by atoms with Gasteiger partial charge in [-0.15, -0.1) is 0 Å². The Labute approximate surface area is 165 Å². The van der Waals surface area contributed by atoms with Crippen molar-refractivity contribution in [1.82, 2.24) is 9.88 Å². The Hall–Kier alpha value is -1.92. The van der Waals surface area contributed by atoms with E-state index in [9.17, 15) is 4.79 Å². The van der Waals surface area contributed by atoms with Crippen LogP contribution in [0.4, 0.5) is 5.13 Å². The van der Waals surface area contributed by atoms with Gasteiger partial charge in [-0.1, -0.05) is 33.3 Å². The van der Waals surface area contributed by atoms with Crippen molar-refractivity contribution < 1.29 is 4.79 Å². The molecule has 26 heavy (non-hydrogen) atoms. The van der Waals surface area contributed by atoms with Gasteiger partial charge in [-0.2, -0.15) is 0 Å². The number of hydrogen-bond acceptors (Lipinski definition) is 4. The van der Waals surface area contributed by atoms with Crippen LogP contribution in [-0.4, -0.2) is 42.0 Å². The number of aromatic nitrogens is 1. The molecule has 0 aliphatic carbocycles. The van der Waals surface area contributed by atoms with Gasteiger partial charge >= 0.3 is 0 Å². The van der Waals surface area contributed by atoms with Gasteiger partial charge in [-0.25, -0.2) is 4.98 Å². The highest BCUT2D eigenvalue weighted by Gasteiger charge is 2.24. The third-order valence-corrected chi connectivity index (χ3v) is 6.61. The molecule has 3 aromatic rings. The summed E-state index contributed by atoms with van der Waals surface area (Å²) in [5.41, 5.74) is 4.39. The lowest BCUT2D eigenvalue weighted by molar-refractivity contribution is 0.0747. The third kappa shape index (κ3) is 3.23. The van der Waals surface area contributed by atoms with Crippen LogP contribution in [0.5, 0.6) is 0 Å². The summed E-state index contributed by atoms with van der Waals surface area (Å²) in [7, 11) is 0. The minimum Gasteiger partial charge on any atom is -0.345 e. The van der Waals surface area contributed by atoms with Crippen molar-refractivity contribution in [3.8, 4) is 0 Å². The molecule has 134 valence electrons. The van der Waals surface area contributed by atoms with Crippen LogP contribution < -0.4 is 4.90 Å². The van der Waals surface area contributed by atoms with E-state index in [1.807, 2.05) is 29.2 Å². The molecule has 2 aromatic carbocycles. The number of carbonyl (C=O) groups excluding carboxylic acids is 1. The Bertz CT molecular complexity index is 959. The second-order valence-corrected chi connectivity index (χ2v) is 8.56. The summed E-state index contributed by atoms with van der Waals surface area (Å²) in [4.78, 5) is 21.8. The predicted molar refractivity (Wildman–Crippen MR) is 111 cm³/mol. The lowest BCUT2D eigenvalue weighted by Gasteiger charge is -2.34. The molecule has 1 saturated heterocycles. The van der Waals surface area contributed by atoms with E-state index in [1.165, 1.54) is 15.8 Å². The maximum Gasteiger partial charge on any atom is 0.253 e. The van der Waals surface area contributed by atoms with Crippen molar-refractivity contribution in [2.45, 2.75) is 13.8 Å². The van der Waals surface area contributed by atoms with Crippen LogP contribution in [0, 0.1) is 13.8 Å². The molecule has 1 aromatic heterocycles. The smallest absolute Gasteiger partial charge is 0.253 e. The van der Waals surface area contributed by atoms with Crippen LogP contribution in [0.25, 0.3) is 10.2 Å². The third-order valence-electron chi connectivity index (χ3n) is 5.00. The molecule has 0 bridgehead atoms.